The van der Waals surface area contributed by atoms with Gasteiger partial charge in [0.2, 0.25) is 5.91 Å². The zero-order chi connectivity index (χ0) is 17.8. The van der Waals surface area contributed by atoms with Crippen molar-refractivity contribution in [2.24, 2.45) is 0 Å². The van der Waals surface area contributed by atoms with Crippen LogP contribution < -0.4 is 16.0 Å². The number of urea groups is 1. The zero-order valence-electron chi connectivity index (χ0n) is 15.1. The SMILES string of the molecule is CCC(=O)Nc1ccc(C)c(NC(=O)NC2CCN(C3CC3)CC2)c1. The molecule has 2 fully saturated rings. The van der Waals surface area contributed by atoms with Gasteiger partial charge in [0, 0.05) is 43.0 Å². The average molecular weight is 344 g/mol. The molecule has 25 heavy (non-hydrogen) atoms. The minimum absolute atomic E-state index is 0.0401. The Hall–Kier alpha value is -2.08. The van der Waals surface area contributed by atoms with E-state index in [9.17, 15) is 9.59 Å². The van der Waals surface area contributed by atoms with Crippen molar-refractivity contribution < 1.29 is 9.59 Å². The van der Waals surface area contributed by atoms with Gasteiger partial charge in [-0.25, -0.2) is 4.79 Å². The smallest absolute Gasteiger partial charge is 0.319 e. The van der Waals surface area contributed by atoms with Crippen molar-refractivity contribution in [3.63, 3.8) is 0 Å². The largest absolute Gasteiger partial charge is 0.335 e. The lowest BCUT2D eigenvalue weighted by Crippen LogP contribution is -2.46. The van der Waals surface area contributed by atoms with Crippen LogP contribution in [-0.2, 0) is 4.79 Å². The highest BCUT2D eigenvalue weighted by Gasteiger charge is 2.32. The normalized spacial score (nSPS) is 18.6. The van der Waals surface area contributed by atoms with Gasteiger partial charge in [-0.1, -0.05) is 13.0 Å². The van der Waals surface area contributed by atoms with Gasteiger partial charge in [0.1, 0.15) is 0 Å². The Bertz CT molecular complexity index is 634. The van der Waals surface area contributed by atoms with E-state index in [0.29, 0.717) is 12.1 Å². The van der Waals surface area contributed by atoms with Gasteiger partial charge in [-0.15, -0.1) is 0 Å². The molecule has 0 unspecified atom stereocenters. The summed E-state index contributed by atoms with van der Waals surface area (Å²) in [5, 5.41) is 8.82. The molecule has 6 heteroatoms. The van der Waals surface area contributed by atoms with Gasteiger partial charge in [0.25, 0.3) is 0 Å². The van der Waals surface area contributed by atoms with Crippen molar-refractivity contribution in [2.45, 2.75) is 58.0 Å². The highest BCUT2D eigenvalue weighted by atomic mass is 16.2. The van der Waals surface area contributed by atoms with Crippen molar-refractivity contribution in [1.82, 2.24) is 10.2 Å². The van der Waals surface area contributed by atoms with Crippen molar-refractivity contribution in [1.29, 1.82) is 0 Å². The van der Waals surface area contributed by atoms with Crippen LogP contribution in [0.2, 0.25) is 0 Å². The number of anilines is 2. The minimum Gasteiger partial charge on any atom is -0.335 e. The minimum atomic E-state index is -0.174. The summed E-state index contributed by atoms with van der Waals surface area (Å²) in [5.41, 5.74) is 2.39. The standard InChI is InChI=1S/C19H28N4O2/c1-3-18(24)20-15-5-4-13(2)17(12-15)22-19(25)21-14-8-10-23(11-9-14)16-6-7-16/h4-5,12,14,16H,3,6-11H2,1-2H3,(H,20,24)(H2,21,22,25). The van der Waals surface area contributed by atoms with Crippen LogP contribution in [0.25, 0.3) is 0 Å². The number of nitrogens with zero attached hydrogens (tertiary/aromatic N) is 1. The Morgan fingerprint density at radius 2 is 1.84 bits per heavy atom. The van der Waals surface area contributed by atoms with Gasteiger partial charge in [0.05, 0.1) is 0 Å². The van der Waals surface area contributed by atoms with Gasteiger partial charge >= 0.3 is 6.03 Å². The summed E-state index contributed by atoms with van der Waals surface area (Å²) in [6.07, 6.45) is 5.12. The number of amides is 3. The Morgan fingerprint density at radius 3 is 2.48 bits per heavy atom. The maximum absolute atomic E-state index is 12.3. The van der Waals surface area contributed by atoms with E-state index in [1.807, 2.05) is 26.0 Å². The molecule has 0 spiro atoms. The molecule has 1 saturated carbocycles. The van der Waals surface area contributed by atoms with Crippen LogP contribution in [0.4, 0.5) is 16.2 Å². The third-order valence-corrected chi connectivity index (χ3v) is 5.02. The van der Waals surface area contributed by atoms with Crippen LogP contribution in [0.5, 0.6) is 0 Å². The van der Waals surface area contributed by atoms with Gasteiger partial charge in [0.15, 0.2) is 0 Å². The zero-order valence-corrected chi connectivity index (χ0v) is 15.1. The number of nitrogens with one attached hydrogen (secondary N) is 3. The fraction of sp³-hybridized carbons (Fsp3) is 0.579. The molecule has 2 aliphatic rings. The first-order valence-corrected chi connectivity index (χ1v) is 9.27. The number of benzene rings is 1. The molecule has 3 amide bonds. The number of hydrogen-bond donors (Lipinski definition) is 3. The summed E-state index contributed by atoms with van der Waals surface area (Å²) >= 11 is 0. The van der Waals surface area contributed by atoms with Crippen molar-refractivity contribution in [3.05, 3.63) is 23.8 Å². The van der Waals surface area contributed by atoms with E-state index >= 15 is 0 Å². The van der Waals surface area contributed by atoms with Crippen LogP contribution in [0.1, 0.15) is 44.6 Å². The summed E-state index contributed by atoms with van der Waals surface area (Å²) < 4.78 is 0. The van der Waals surface area contributed by atoms with Gasteiger partial charge < -0.3 is 20.9 Å². The van der Waals surface area contributed by atoms with E-state index in [1.165, 1.54) is 12.8 Å². The fourth-order valence-corrected chi connectivity index (χ4v) is 3.28. The van der Waals surface area contributed by atoms with E-state index in [1.54, 1.807) is 6.07 Å². The van der Waals surface area contributed by atoms with Crippen LogP contribution in [0.3, 0.4) is 0 Å². The highest BCUT2D eigenvalue weighted by Crippen LogP contribution is 2.29. The van der Waals surface area contributed by atoms with Crippen LogP contribution >= 0.6 is 0 Å². The molecule has 0 atom stereocenters. The second-order valence-electron chi connectivity index (χ2n) is 7.07. The molecule has 6 nitrogen and oxygen atoms in total. The number of likely N-dealkylation sites (tertiary alicyclic amines) is 1. The van der Waals surface area contributed by atoms with Crippen LogP contribution in [-0.4, -0.2) is 42.0 Å². The molecule has 1 saturated heterocycles. The maximum Gasteiger partial charge on any atom is 0.319 e. The first kappa shape index (κ1) is 17.7. The number of rotatable bonds is 5. The molecule has 1 aliphatic carbocycles. The average Bonchev–Trinajstić information content (AvgIpc) is 3.43. The Labute approximate surface area is 149 Å². The molecular formula is C19H28N4O2. The van der Waals surface area contributed by atoms with E-state index in [2.05, 4.69) is 20.9 Å². The molecule has 1 aliphatic heterocycles. The quantitative estimate of drug-likeness (QED) is 0.768. The Balaban J connectivity index is 1.51. The van der Waals surface area contributed by atoms with E-state index in [4.69, 9.17) is 0 Å². The molecule has 3 N–H and O–H groups in total. The van der Waals surface area contributed by atoms with Crippen molar-refractivity contribution in [3.8, 4) is 0 Å². The lowest BCUT2D eigenvalue weighted by atomic mass is 10.1. The molecule has 3 rings (SSSR count). The highest BCUT2D eigenvalue weighted by molar-refractivity contribution is 5.94. The van der Waals surface area contributed by atoms with E-state index < -0.39 is 0 Å². The van der Waals surface area contributed by atoms with Gasteiger partial charge in [-0.05, 0) is 50.3 Å². The van der Waals surface area contributed by atoms with Crippen molar-refractivity contribution >= 4 is 23.3 Å². The number of hydrogen-bond acceptors (Lipinski definition) is 3. The molecule has 0 aromatic heterocycles. The molecule has 1 heterocycles. The summed E-state index contributed by atoms with van der Waals surface area (Å²) in [4.78, 5) is 26.4. The lowest BCUT2D eigenvalue weighted by Gasteiger charge is -2.32. The summed E-state index contributed by atoms with van der Waals surface area (Å²) in [5.74, 6) is -0.0401. The molecule has 1 aromatic carbocycles. The topological polar surface area (TPSA) is 73.5 Å². The molecular weight excluding hydrogens is 316 g/mol. The summed E-state index contributed by atoms with van der Waals surface area (Å²) in [6, 6.07) is 6.41. The molecule has 0 radical (unpaired) electrons. The van der Waals surface area contributed by atoms with E-state index in [-0.39, 0.29) is 18.0 Å². The first-order valence-electron chi connectivity index (χ1n) is 9.27. The van der Waals surface area contributed by atoms with E-state index in [0.717, 1.165) is 43.2 Å². The molecule has 1 aromatic rings. The molecule has 136 valence electrons. The lowest BCUT2D eigenvalue weighted by molar-refractivity contribution is -0.115. The predicted molar refractivity (Wildman–Crippen MR) is 99.9 cm³/mol. The van der Waals surface area contributed by atoms with Crippen LogP contribution in [0, 0.1) is 6.92 Å². The van der Waals surface area contributed by atoms with Crippen molar-refractivity contribution in [2.75, 3.05) is 23.7 Å². The predicted octanol–water partition coefficient (Wildman–Crippen LogP) is 3.09. The third-order valence-electron chi connectivity index (χ3n) is 5.02. The van der Waals surface area contributed by atoms with Gasteiger partial charge in [-0.2, -0.15) is 0 Å². The molecule has 0 bridgehead atoms. The monoisotopic (exact) mass is 344 g/mol. The second kappa shape index (κ2) is 7.87. The van der Waals surface area contributed by atoms with Crippen LogP contribution in [0.15, 0.2) is 18.2 Å². The first-order chi connectivity index (χ1) is 12.0. The Morgan fingerprint density at radius 1 is 1.12 bits per heavy atom. The Kier molecular flexibility index (Phi) is 5.58. The third kappa shape index (κ3) is 4.95. The summed E-state index contributed by atoms with van der Waals surface area (Å²) in [7, 11) is 0. The number of carbonyl (C=O) groups is 2. The second-order valence-corrected chi connectivity index (χ2v) is 7.07. The van der Waals surface area contributed by atoms with Gasteiger partial charge in [-0.3, -0.25) is 4.79 Å². The number of carbonyl (C=O) groups excluding carboxylic acids is 2. The fourth-order valence-electron chi connectivity index (χ4n) is 3.28. The maximum atomic E-state index is 12.3. The number of aryl methyl sites for hydroxylation is 1. The summed E-state index contributed by atoms with van der Waals surface area (Å²) in [6.45, 7) is 5.90. The number of piperidine rings is 1.